The first-order valence-electron chi connectivity index (χ1n) is 6.83. The molecule has 0 aromatic carbocycles. The second-order valence-corrected chi connectivity index (χ2v) is 4.97. The van der Waals surface area contributed by atoms with E-state index in [0.717, 1.165) is 31.7 Å². The average molecular weight is 262 g/mol. The number of piperazine rings is 1. The molecule has 2 N–H and O–H groups in total. The van der Waals surface area contributed by atoms with Crippen molar-refractivity contribution in [1.82, 2.24) is 20.5 Å². The van der Waals surface area contributed by atoms with E-state index in [1.165, 1.54) is 0 Å². The maximum atomic E-state index is 12.2. The molecule has 1 saturated heterocycles. The van der Waals surface area contributed by atoms with Gasteiger partial charge < -0.3 is 10.6 Å². The molecule has 5 heteroatoms. The smallest absolute Gasteiger partial charge is 0.237 e. The Morgan fingerprint density at radius 1 is 1.32 bits per heavy atom. The van der Waals surface area contributed by atoms with Crippen LogP contribution in [0.1, 0.15) is 25.5 Å². The summed E-state index contributed by atoms with van der Waals surface area (Å²) in [6.07, 6.45) is 3.50. The lowest BCUT2D eigenvalue weighted by Crippen LogP contribution is -2.52. The summed E-state index contributed by atoms with van der Waals surface area (Å²) in [4.78, 5) is 18.4. The molecule has 2 unspecified atom stereocenters. The number of nitrogens with one attached hydrogen (secondary N) is 2. The number of amides is 1. The number of nitrogens with zero attached hydrogens (tertiary/aromatic N) is 2. The zero-order valence-electron chi connectivity index (χ0n) is 11.6. The molecule has 0 saturated carbocycles. The van der Waals surface area contributed by atoms with Crippen molar-refractivity contribution >= 4 is 5.91 Å². The van der Waals surface area contributed by atoms with Crippen LogP contribution < -0.4 is 10.6 Å². The highest BCUT2D eigenvalue weighted by Gasteiger charge is 2.23. The fourth-order valence-electron chi connectivity index (χ4n) is 2.30. The van der Waals surface area contributed by atoms with E-state index < -0.39 is 0 Å². The van der Waals surface area contributed by atoms with Crippen LogP contribution in [0.2, 0.25) is 0 Å². The molecule has 2 atom stereocenters. The van der Waals surface area contributed by atoms with Gasteiger partial charge in [0.15, 0.2) is 0 Å². The second-order valence-electron chi connectivity index (χ2n) is 4.97. The maximum absolute atomic E-state index is 12.2. The van der Waals surface area contributed by atoms with E-state index in [4.69, 9.17) is 0 Å². The zero-order chi connectivity index (χ0) is 13.7. The first-order chi connectivity index (χ1) is 9.18. The molecule has 1 aromatic rings. The van der Waals surface area contributed by atoms with E-state index in [2.05, 4.69) is 20.5 Å². The van der Waals surface area contributed by atoms with E-state index in [1.807, 2.05) is 26.0 Å². The molecule has 5 nitrogen and oxygen atoms in total. The minimum atomic E-state index is -0.0774. The van der Waals surface area contributed by atoms with Crippen LogP contribution in [0.15, 0.2) is 24.5 Å². The Balaban J connectivity index is 1.89. The molecule has 0 bridgehead atoms. The number of rotatable bonds is 4. The zero-order valence-corrected chi connectivity index (χ0v) is 11.6. The Bertz CT molecular complexity index is 403. The summed E-state index contributed by atoms with van der Waals surface area (Å²) >= 11 is 0. The van der Waals surface area contributed by atoms with Gasteiger partial charge in [-0.3, -0.25) is 14.7 Å². The summed E-state index contributed by atoms with van der Waals surface area (Å²) in [5, 5.41) is 6.36. The van der Waals surface area contributed by atoms with Crippen molar-refractivity contribution in [1.29, 1.82) is 0 Å². The first kappa shape index (κ1) is 14.0. The standard InChI is InChI=1S/C14H22N4O/c1-11(13-3-5-15-6-4-13)17-14(19)12(2)18-9-7-16-8-10-18/h3-6,11-12,16H,7-10H2,1-2H3,(H,17,19). The van der Waals surface area contributed by atoms with E-state index in [9.17, 15) is 4.79 Å². The number of pyridine rings is 1. The van der Waals surface area contributed by atoms with Gasteiger partial charge in [0.1, 0.15) is 0 Å². The molecule has 2 rings (SSSR count). The summed E-state index contributed by atoms with van der Waals surface area (Å²) in [6.45, 7) is 7.74. The van der Waals surface area contributed by atoms with Crippen LogP contribution in [0.25, 0.3) is 0 Å². The van der Waals surface area contributed by atoms with Gasteiger partial charge >= 0.3 is 0 Å². The van der Waals surface area contributed by atoms with Gasteiger partial charge in [0.25, 0.3) is 0 Å². The summed E-state index contributed by atoms with van der Waals surface area (Å²) in [5.74, 6) is 0.0891. The first-order valence-corrected chi connectivity index (χ1v) is 6.83. The van der Waals surface area contributed by atoms with E-state index in [-0.39, 0.29) is 18.0 Å². The number of aromatic nitrogens is 1. The lowest BCUT2D eigenvalue weighted by atomic mass is 10.1. The van der Waals surface area contributed by atoms with Crippen molar-refractivity contribution in [3.63, 3.8) is 0 Å². The van der Waals surface area contributed by atoms with E-state index in [1.54, 1.807) is 12.4 Å². The Kier molecular flexibility index (Phi) is 4.87. The van der Waals surface area contributed by atoms with Crippen molar-refractivity contribution in [2.24, 2.45) is 0 Å². The van der Waals surface area contributed by atoms with Gasteiger partial charge in [-0.05, 0) is 31.5 Å². The quantitative estimate of drug-likeness (QED) is 0.832. The van der Waals surface area contributed by atoms with Crippen LogP contribution in [0.4, 0.5) is 0 Å². The van der Waals surface area contributed by atoms with Crippen LogP contribution >= 0.6 is 0 Å². The van der Waals surface area contributed by atoms with Crippen LogP contribution in [0, 0.1) is 0 Å². The van der Waals surface area contributed by atoms with Crippen molar-refractivity contribution in [2.45, 2.75) is 25.9 Å². The lowest BCUT2D eigenvalue weighted by Gasteiger charge is -2.32. The van der Waals surface area contributed by atoms with Crippen LogP contribution in [-0.4, -0.2) is 48.0 Å². The van der Waals surface area contributed by atoms with Gasteiger partial charge in [-0.1, -0.05) is 0 Å². The summed E-state index contributed by atoms with van der Waals surface area (Å²) in [5.41, 5.74) is 1.08. The number of carbonyl (C=O) groups is 1. The van der Waals surface area contributed by atoms with Gasteiger partial charge in [-0.2, -0.15) is 0 Å². The molecule has 19 heavy (non-hydrogen) atoms. The fraction of sp³-hybridized carbons (Fsp3) is 0.571. The molecule has 1 amide bonds. The molecule has 2 heterocycles. The average Bonchev–Trinajstić information content (AvgIpc) is 2.48. The third-order valence-corrected chi connectivity index (χ3v) is 3.64. The number of carbonyl (C=O) groups excluding carboxylic acids is 1. The van der Waals surface area contributed by atoms with Gasteiger partial charge in [0, 0.05) is 38.6 Å². The Labute approximate surface area is 114 Å². The predicted molar refractivity (Wildman–Crippen MR) is 74.7 cm³/mol. The highest BCUT2D eigenvalue weighted by Crippen LogP contribution is 2.11. The normalized spacial score (nSPS) is 19.7. The largest absolute Gasteiger partial charge is 0.348 e. The molecule has 1 aliphatic heterocycles. The minimum Gasteiger partial charge on any atom is -0.348 e. The van der Waals surface area contributed by atoms with Crippen LogP contribution in [-0.2, 0) is 4.79 Å². The minimum absolute atomic E-state index is 0.0147. The topological polar surface area (TPSA) is 57.3 Å². The van der Waals surface area contributed by atoms with Gasteiger partial charge in [-0.15, -0.1) is 0 Å². The SMILES string of the molecule is CC(NC(=O)C(C)N1CCNCC1)c1ccncc1. The van der Waals surface area contributed by atoms with Gasteiger partial charge in [0.05, 0.1) is 12.1 Å². The van der Waals surface area contributed by atoms with Crippen molar-refractivity contribution in [2.75, 3.05) is 26.2 Å². The Morgan fingerprint density at radius 2 is 1.95 bits per heavy atom. The van der Waals surface area contributed by atoms with Gasteiger partial charge in [0.2, 0.25) is 5.91 Å². The van der Waals surface area contributed by atoms with Crippen LogP contribution in [0.5, 0.6) is 0 Å². The summed E-state index contributed by atoms with van der Waals surface area (Å²) in [6, 6.07) is 3.80. The molecular formula is C14H22N4O. The van der Waals surface area contributed by atoms with E-state index in [0.29, 0.717) is 0 Å². The predicted octanol–water partition coefficient (Wildman–Crippen LogP) is 0.553. The van der Waals surface area contributed by atoms with Gasteiger partial charge in [-0.25, -0.2) is 0 Å². The second kappa shape index (κ2) is 6.63. The van der Waals surface area contributed by atoms with Crippen molar-refractivity contribution in [3.8, 4) is 0 Å². The molecule has 0 radical (unpaired) electrons. The Hall–Kier alpha value is -1.46. The molecule has 1 aliphatic rings. The highest BCUT2D eigenvalue weighted by molar-refractivity contribution is 5.81. The molecule has 0 spiro atoms. The molecule has 1 fully saturated rings. The van der Waals surface area contributed by atoms with Crippen molar-refractivity contribution < 1.29 is 4.79 Å². The van der Waals surface area contributed by atoms with Crippen LogP contribution in [0.3, 0.4) is 0 Å². The molecule has 104 valence electrons. The number of hydrogen-bond donors (Lipinski definition) is 2. The third-order valence-electron chi connectivity index (χ3n) is 3.64. The molecular weight excluding hydrogens is 240 g/mol. The lowest BCUT2D eigenvalue weighted by molar-refractivity contribution is -0.126. The maximum Gasteiger partial charge on any atom is 0.237 e. The fourth-order valence-corrected chi connectivity index (χ4v) is 2.30. The molecule has 1 aromatic heterocycles. The third kappa shape index (κ3) is 3.75. The monoisotopic (exact) mass is 262 g/mol. The van der Waals surface area contributed by atoms with E-state index >= 15 is 0 Å². The summed E-state index contributed by atoms with van der Waals surface area (Å²) < 4.78 is 0. The summed E-state index contributed by atoms with van der Waals surface area (Å²) in [7, 11) is 0. The number of hydrogen-bond acceptors (Lipinski definition) is 4. The highest BCUT2D eigenvalue weighted by atomic mass is 16.2. The Morgan fingerprint density at radius 3 is 2.58 bits per heavy atom. The molecule has 0 aliphatic carbocycles. The van der Waals surface area contributed by atoms with Crippen molar-refractivity contribution in [3.05, 3.63) is 30.1 Å².